The van der Waals surface area contributed by atoms with Gasteiger partial charge in [0.05, 0.1) is 0 Å². The van der Waals surface area contributed by atoms with Gasteiger partial charge in [0, 0.05) is 5.92 Å². The summed E-state index contributed by atoms with van der Waals surface area (Å²) in [7, 11) is 0. The van der Waals surface area contributed by atoms with Crippen molar-refractivity contribution in [2.24, 2.45) is 5.92 Å². The molecule has 0 bridgehead atoms. The van der Waals surface area contributed by atoms with Gasteiger partial charge in [0.15, 0.2) is 0 Å². The van der Waals surface area contributed by atoms with E-state index in [4.69, 9.17) is 0 Å². The molecule has 0 spiro atoms. The summed E-state index contributed by atoms with van der Waals surface area (Å²) in [5.41, 5.74) is 0. The minimum Gasteiger partial charge on any atom is -0.0928 e. The molecule has 1 unspecified atom stereocenters. The van der Waals surface area contributed by atoms with Gasteiger partial charge in [0.1, 0.15) is 0 Å². The molecule has 0 aliphatic carbocycles. The zero-order valence-electron chi connectivity index (χ0n) is 4.72. The first kappa shape index (κ1) is 6.83. The fourth-order valence-electron chi connectivity index (χ4n) is 0.349. The molecular weight excluding hydrogens is 104 g/mol. The first-order valence-corrected chi connectivity index (χ1v) is 2.86. The predicted octanol–water partition coefficient (Wildman–Crippen LogP) is 2.20. The van der Waals surface area contributed by atoms with Gasteiger partial charge in [0.2, 0.25) is 0 Å². The van der Waals surface area contributed by atoms with Gasteiger partial charge in [-0.3, -0.25) is 0 Å². The van der Waals surface area contributed by atoms with E-state index in [0.717, 1.165) is 0 Å². The zero-order chi connectivity index (χ0) is 5.70. The number of rotatable bonds is 2. The summed E-state index contributed by atoms with van der Waals surface area (Å²) in [6.07, 6.45) is 4.07. The molecule has 0 aliphatic heterocycles. The highest BCUT2D eigenvalue weighted by Gasteiger charge is 1.82. The van der Waals surface area contributed by atoms with E-state index < -0.39 is 0 Å². The first-order chi connectivity index (χ1) is 3.31. The Morgan fingerprint density at radius 2 is 2.14 bits per heavy atom. The standard InChI is InChI=1S/C6H10S/c1-3-4-6(2)5-7/h3-6H,1-2H3/b4-3+. The van der Waals surface area contributed by atoms with E-state index in [-0.39, 0.29) is 0 Å². The third kappa shape index (κ3) is 3.67. The Hall–Kier alpha value is -0.170. The zero-order valence-corrected chi connectivity index (χ0v) is 5.53. The average Bonchev–Trinajstić information content (AvgIpc) is 1.68. The van der Waals surface area contributed by atoms with E-state index in [2.05, 4.69) is 25.2 Å². The van der Waals surface area contributed by atoms with E-state index >= 15 is 0 Å². The van der Waals surface area contributed by atoms with Crippen LogP contribution in [0.4, 0.5) is 0 Å². The van der Waals surface area contributed by atoms with Gasteiger partial charge in [-0.1, -0.05) is 31.3 Å². The Morgan fingerprint density at radius 1 is 1.57 bits per heavy atom. The molecule has 40 valence electrons. The van der Waals surface area contributed by atoms with E-state index in [1.54, 1.807) is 5.37 Å². The van der Waals surface area contributed by atoms with Gasteiger partial charge in [-0.25, -0.2) is 0 Å². The van der Waals surface area contributed by atoms with Crippen molar-refractivity contribution in [1.82, 2.24) is 0 Å². The van der Waals surface area contributed by atoms with Crippen LogP contribution in [-0.2, 0) is 0 Å². The second kappa shape index (κ2) is 4.00. The molecule has 0 nitrogen and oxygen atoms in total. The Bertz CT molecular complexity index is 74.2. The van der Waals surface area contributed by atoms with Crippen LogP contribution >= 0.6 is 12.2 Å². The third-order valence-corrected chi connectivity index (χ3v) is 1.14. The highest BCUT2D eigenvalue weighted by Crippen LogP contribution is 1.90. The van der Waals surface area contributed by atoms with E-state index in [9.17, 15) is 0 Å². The topological polar surface area (TPSA) is 0 Å². The monoisotopic (exact) mass is 114 g/mol. The molecule has 7 heavy (non-hydrogen) atoms. The predicted molar refractivity (Wildman–Crippen MR) is 37.6 cm³/mol. The van der Waals surface area contributed by atoms with Crippen LogP contribution in [0.15, 0.2) is 12.2 Å². The third-order valence-electron chi connectivity index (χ3n) is 0.711. The summed E-state index contributed by atoms with van der Waals surface area (Å²) in [6.45, 7) is 4.06. The van der Waals surface area contributed by atoms with E-state index in [1.807, 2.05) is 13.0 Å². The molecule has 0 radical (unpaired) electrons. The summed E-state index contributed by atoms with van der Waals surface area (Å²) in [6, 6.07) is 0. The fourth-order valence-corrected chi connectivity index (χ4v) is 0.440. The average molecular weight is 114 g/mol. The van der Waals surface area contributed by atoms with Crippen LogP contribution in [0.5, 0.6) is 0 Å². The van der Waals surface area contributed by atoms with Crippen LogP contribution in [0.2, 0.25) is 0 Å². The molecular formula is C6H10S. The van der Waals surface area contributed by atoms with Gasteiger partial charge < -0.3 is 0 Å². The number of hydrogen-bond acceptors (Lipinski definition) is 1. The Morgan fingerprint density at radius 3 is 2.29 bits per heavy atom. The molecule has 0 aromatic rings. The Balaban J connectivity index is 3.35. The molecule has 0 fully saturated rings. The van der Waals surface area contributed by atoms with E-state index in [0.29, 0.717) is 5.92 Å². The van der Waals surface area contributed by atoms with Gasteiger partial charge in [-0.2, -0.15) is 0 Å². The highest BCUT2D eigenvalue weighted by atomic mass is 32.1. The highest BCUT2D eigenvalue weighted by molar-refractivity contribution is 7.79. The molecule has 0 aliphatic rings. The van der Waals surface area contributed by atoms with Crippen molar-refractivity contribution in [1.29, 1.82) is 0 Å². The number of thiocarbonyl (C=S) groups is 1. The lowest BCUT2D eigenvalue weighted by atomic mass is 10.2. The van der Waals surface area contributed by atoms with Crippen LogP contribution in [0.25, 0.3) is 0 Å². The summed E-state index contributed by atoms with van der Waals surface area (Å²) >= 11 is 4.66. The SMILES string of the molecule is C/C=C/C(C)C=S. The Labute approximate surface area is 50.2 Å². The van der Waals surface area contributed by atoms with E-state index in [1.165, 1.54) is 0 Å². The quantitative estimate of drug-likeness (QED) is 0.392. The lowest BCUT2D eigenvalue weighted by Crippen LogP contribution is -1.84. The summed E-state index contributed by atoms with van der Waals surface area (Å²) in [5.74, 6) is 0.458. The molecule has 1 atom stereocenters. The molecule has 0 amide bonds. The second-order valence-corrected chi connectivity index (χ2v) is 1.79. The van der Waals surface area contributed by atoms with Crippen LogP contribution in [-0.4, -0.2) is 5.37 Å². The smallest absolute Gasteiger partial charge is 0.00229 e. The molecule has 1 heteroatoms. The maximum Gasteiger partial charge on any atom is 0.00229 e. The van der Waals surface area contributed by atoms with Crippen molar-refractivity contribution in [2.75, 3.05) is 0 Å². The maximum absolute atomic E-state index is 4.66. The fraction of sp³-hybridized carbons (Fsp3) is 0.500. The maximum atomic E-state index is 4.66. The molecule has 0 saturated heterocycles. The van der Waals surface area contributed by atoms with Crippen molar-refractivity contribution < 1.29 is 0 Å². The van der Waals surface area contributed by atoms with Gasteiger partial charge in [0.25, 0.3) is 0 Å². The van der Waals surface area contributed by atoms with Crippen molar-refractivity contribution in [2.45, 2.75) is 13.8 Å². The molecule has 0 aromatic heterocycles. The van der Waals surface area contributed by atoms with Crippen LogP contribution < -0.4 is 0 Å². The number of hydrogen-bond donors (Lipinski definition) is 0. The largest absolute Gasteiger partial charge is 0.0928 e. The summed E-state index contributed by atoms with van der Waals surface area (Å²) in [4.78, 5) is 0. The second-order valence-electron chi connectivity index (χ2n) is 1.52. The minimum atomic E-state index is 0.458. The van der Waals surface area contributed by atoms with Gasteiger partial charge in [-0.05, 0) is 12.3 Å². The van der Waals surface area contributed by atoms with Crippen molar-refractivity contribution in [3.8, 4) is 0 Å². The molecule has 0 aromatic carbocycles. The number of allylic oxidation sites excluding steroid dienone is 2. The first-order valence-electron chi connectivity index (χ1n) is 2.39. The summed E-state index contributed by atoms with van der Waals surface area (Å²) in [5, 5.41) is 1.75. The molecule has 0 heterocycles. The minimum absolute atomic E-state index is 0.458. The van der Waals surface area contributed by atoms with Crippen LogP contribution in [0, 0.1) is 5.92 Å². The normalized spacial score (nSPS) is 14.6. The van der Waals surface area contributed by atoms with Crippen molar-refractivity contribution >= 4 is 17.6 Å². The van der Waals surface area contributed by atoms with Crippen molar-refractivity contribution in [3.05, 3.63) is 12.2 Å². The summed E-state index contributed by atoms with van der Waals surface area (Å²) < 4.78 is 0. The van der Waals surface area contributed by atoms with Gasteiger partial charge >= 0.3 is 0 Å². The lowest BCUT2D eigenvalue weighted by molar-refractivity contribution is 1.04. The molecule has 0 rings (SSSR count). The van der Waals surface area contributed by atoms with Crippen molar-refractivity contribution in [3.63, 3.8) is 0 Å². The van der Waals surface area contributed by atoms with Gasteiger partial charge in [-0.15, -0.1) is 0 Å². The molecule has 0 saturated carbocycles. The lowest BCUT2D eigenvalue weighted by Gasteiger charge is -1.88. The van der Waals surface area contributed by atoms with Crippen LogP contribution in [0.1, 0.15) is 13.8 Å². The molecule has 0 N–H and O–H groups in total. The van der Waals surface area contributed by atoms with Crippen LogP contribution in [0.3, 0.4) is 0 Å². The Kier molecular flexibility index (Phi) is 3.90.